The van der Waals surface area contributed by atoms with E-state index in [0.29, 0.717) is 39.3 Å². The highest BCUT2D eigenvalue weighted by Gasteiger charge is 2.24. The largest absolute Gasteiger partial charge is 0.397 e. The van der Waals surface area contributed by atoms with Gasteiger partial charge in [0.2, 0.25) is 0 Å². The Bertz CT molecular complexity index is 1610. The minimum atomic E-state index is -0.269. The first-order valence-corrected chi connectivity index (χ1v) is 12.2. The Labute approximate surface area is 206 Å². The molecular formula is C27H24N6OS. The first-order chi connectivity index (χ1) is 17.0. The number of carbonyl (C=O) groups is 1. The first kappa shape index (κ1) is 22.4. The van der Waals surface area contributed by atoms with E-state index in [1.165, 1.54) is 16.9 Å². The van der Waals surface area contributed by atoms with Gasteiger partial charge in [-0.1, -0.05) is 49.4 Å². The highest BCUT2D eigenvalue weighted by Crippen LogP contribution is 2.42. The van der Waals surface area contributed by atoms with Crippen LogP contribution in [-0.2, 0) is 12.8 Å². The molecule has 174 valence electrons. The fourth-order valence-corrected chi connectivity index (χ4v) is 5.41. The molecule has 0 radical (unpaired) electrons. The Kier molecular flexibility index (Phi) is 5.85. The molecule has 0 atom stereocenters. The number of carbonyl (C=O) groups excluding carboxylic acids is 1. The van der Waals surface area contributed by atoms with Gasteiger partial charge in [0.1, 0.15) is 27.2 Å². The van der Waals surface area contributed by atoms with E-state index in [1.54, 1.807) is 0 Å². The second-order valence-electron chi connectivity index (χ2n) is 8.30. The quantitative estimate of drug-likeness (QED) is 0.271. The normalized spacial score (nSPS) is 11.1. The summed E-state index contributed by atoms with van der Waals surface area (Å²) < 4.78 is 0. The fraction of sp³-hybridized carbons (Fsp3) is 0.148. The van der Waals surface area contributed by atoms with E-state index in [9.17, 15) is 10.1 Å². The van der Waals surface area contributed by atoms with Crippen molar-refractivity contribution in [1.29, 1.82) is 5.26 Å². The number of nitrogens with two attached hydrogens (primary N) is 2. The van der Waals surface area contributed by atoms with Gasteiger partial charge in [-0.25, -0.2) is 4.98 Å². The van der Waals surface area contributed by atoms with Crippen LogP contribution in [0.4, 0.5) is 11.5 Å². The van der Waals surface area contributed by atoms with Crippen molar-refractivity contribution in [2.45, 2.75) is 19.8 Å². The maximum absolute atomic E-state index is 13.1. The lowest BCUT2D eigenvalue weighted by molar-refractivity contribution is 0.0959. The fourth-order valence-electron chi connectivity index (χ4n) is 4.38. The number of hydrogen-bond donors (Lipinski definition) is 4. The lowest BCUT2D eigenvalue weighted by Crippen LogP contribution is -2.25. The van der Waals surface area contributed by atoms with Gasteiger partial charge >= 0.3 is 0 Å². The van der Waals surface area contributed by atoms with Crippen LogP contribution in [0.25, 0.3) is 32.2 Å². The minimum absolute atomic E-state index is 0.127. The van der Waals surface area contributed by atoms with E-state index in [2.05, 4.69) is 34.3 Å². The predicted molar refractivity (Wildman–Crippen MR) is 142 cm³/mol. The SMILES string of the molecule is CCc1ccc(-c2c(C#N)c(N)nc3sc(C(=O)NCCc4c[nH]c5ccccc45)c(N)c23)cc1. The van der Waals surface area contributed by atoms with Crippen molar-refractivity contribution >= 4 is 49.9 Å². The smallest absolute Gasteiger partial charge is 0.263 e. The van der Waals surface area contributed by atoms with Crippen LogP contribution in [0.15, 0.2) is 54.7 Å². The number of benzene rings is 2. The molecule has 0 unspecified atom stereocenters. The van der Waals surface area contributed by atoms with Gasteiger partial charge in [-0.05, 0) is 35.6 Å². The molecule has 0 fully saturated rings. The van der Waals surface area contributed by atoms with Gasteiger partial charge in [0, 0.05) is 34.6 Å². The standard InChI is InChI=1S/C27H24N6OS/c1-2-15-7-9-16(10-8-15)21-19(13-28)25(30)33-27-22(21)23(29)24(35-27)26(34)31-12-11-17-14-32-20-6-4-3-5-18(17)20/h3-10,14,32H,2,11-12,29H2,1H3,(H2,30,33)(H,31,34). The van der Waals surface area contributed by atoms with Crippen molar-refractivity contribution in [1.82, 2.24) is 15.3 Å². The average molecular weight is 481 g/mol. The molecule has 7 nitrogen and oxygen atoms in total. The van der Waals surface area contributed by atoms with Crippen molar-refractivity contribution in [3.63, 3.8) is 0 Å². The lowest BCUT2D eigenvalue weighted by atomic mass is 9.96. The van der Waals surface area contributed by atoms with Crippen LogP contribution in [0.5, 0.6) is 0 Å². The molecule has 0 saturated heterocycles. The van der Waals surface area contributed by atoms with Crippen LogP contribution in [0, 0.1) is 11.3 Å². The molecule has 0 aliphatic carbocycles. The number of rotatable bonds is 6. The average Bonchev–Trinajstić information content (AvgIpc) is 3.44. The van der Waals surface area contributed by atoms with Crippen LogP contribution in [-0.4, -0.2) is 22.4 Å². The maximum atomic E-state index is 13.1. The Morgan fingerprint density at radius 1 is 1.17 bits per heavy atom. The molecule has 6 N–H and O–H groups in total. The predicted octanol–water partition coefficient (Wildman–Crippen LogP) is 5.02. The topological polar surface area (TPSA) is 134 Å². The van der Waals surface area contributed by atoms with Crippen molar-refractivity contribution in [2.75, 3.05) is 18.0 Å². The third-order valence-electron chi connectivity index (χ3n) is 6.23. The van der Waals surface area contributed by atoms with E-state index >= 15 is 0 Å². The monoisotopic (exact) mass is 480 g/mol. The van der Waals surface area contributed by atoms with Gasteiger partial charge in [-0.3, -0.25) is 4.79 Å². The maximum Gasteiger partial charge on any atom is 0.263 e. The van der Waals surface area contributed by atoms with Crippen LogP contribution < -0.4 is 16.8 Å². The summed E-state index contributed by atoms with van der Waals surface area (Å²) in [5.74, 6) is -0.142. The first-order valence-electron chi connectivity index (χ1n) is 11.4. The van der Waals surface area contributed by atoms with Crippen LogP contribution >= 0.6 is 11.3 Å². The lowest BCUT2D eigenvalue weighted by Gasteiger charge is -2.10. The minimum Gasteiger partial charge on any atom is -0.397 e. The number of nitrogens with one attached hydrogen (secondary N) is 2. The molecule has 0 bridgehead atoms. The number of aromatic amines is 1. The van der Waals surface area contributed by atoms with Gasteiger partial charge < -0.3 is 21.8 Å². The summed E-state index contributed by atoms with van der Waals surface area (Å²) in [7, 11) is 0. The van der Waals surface area contributed by atoms with E-state index in [-0.39, 0.29) is 17.3 Å². The van der Waals surface area contributed by atoms with Crippen molar-refractivity contribution in [3.05, 3.63) is 76.3 Å². The summed E-state index contributed by atoms with van der Waals surface area (Å²) in [6, 6.07) is 18.2. The Hall–Kier alpha value is -4.35. The van der Waals surface area contributed by atoms with Gasteiger partial charge in [-0.15, -0.1) is 11.3 Å². The molecule has 2 aromatic carbocycles. The number of hydrogen-bond acceptors (Lipinski definition) is 6. The summed E-state index contributed by atoms with van der Waals surface area (Å²) in [5, 5.41) is 14.5. The number of para-hydroxylation sites is 1. The summed E-state index contributed by atoms with van der Waals surface area (Å²) in [6.45, 7) is 2.54. The van der Waals surface area contributed by atoms with Crippen molar-refractivity contribution in [3.8, 4) is 17.2 Å². The number of aromatic nitrogens is 2. The molecular weight excluding hydrogens is 456 g/mol. The Morgan fingerprint density at radius 2 is 1.94 bits per heavy atom. The third kappa shape index (κ3) is 3.96. The summed E-state index contributed by atoms with van der Waals surface area (Å²) >= 11 is 1.19. The molecule has 0 aliphatic rings. The molecule has 3 aromatic heterocycles. The number of amides is 1. The van der Waals surface area contributed by atoms with Crippen molar-refractivity contribution < 1.29 is 4.79 Å². The Balaban J connectivity index is 1.47. The van der Waals surface area contributed by atoms with Gasteiger partial charge in [-0.2, -0.15) is 5.26 Å². The number of H-pyrrole nitrogens is 1. The number of nitriles is 1. The number of anilines is 2. The zero-order chi connectivity index (χ0) is 24.5. The summed E-state index contributed by atoms with van der Waals surface area (Å²) in [5.41, 5.74) is 18.0. The van der Waals surface area contributed by atoms with Gasteiger partial charge in [0.15, 0.2) is 0 Å². The number of thiophene rings is 1. The molecule has 8 heteroatoms. The molecule has 3 heterocycles. The number of pyridine rings is 1. The van der Waals surface area contributed by atoms with E-state index < -0.39 is 0 Å². The number of nitrogen functional groups attached to an aromatic ring is 2. The molecule has 5 aromatic rings. The summed E-state index contributed by atoms with van der Waals surface area (Å²) in [4.78, 5) is 21.6. The van der Waals surface area contributed by atoms with Crippen LogP contribution in [0.3, 0.4) is 0 Å². The second-order valence-corrected chi connectivity index (χ2v) is 9.30. The zero-order valence-corrected chi connectivity index (χ0v) is 20.0. The zero-order valence-electron chi connectivity index (χ0n) is 19.2. The van der Waals surface area contributed by atoms with E-state index in [1.807, 2.05) is 48.7 Å². The van der Waals surface area contributed by atoms with Crippen LogP contribution in [0.1, 0.15) is 33.3 Å². The van der Waals surface area contributed by atoms with E-state index in [0.717, 1.165) is 28.5 Å². The van der Waals surface area contributed by atoms with Gasteiger partial charge in [0.05, 0.1) is 5.69 Å². The molecule has 35 heavy (non-hydrogen) atoms. The van der Waals surface area contributed by atoms with Crippen LogP contribution in [0.2, 0.25) is 0 Å². The Morgan fingerprint density at radius 3 is 2.69 bits per heavy atom. The highest BCUT2D eigenvalue weighted by molar-refractivity contribution is 7.21. The molecule has 0 saturated carbocycles. The molecule has 0 spiro atoms. The number of nitrogens with zero attached hydrogens (tertiary/aromatic N) is 2. The van der Waals surface area contributed by atoms with Crippen molar-refractivity contribution in [2.24, 2.45) is 0 Å². The van der Waals surface area contributed by atoms with Gasteiger partial charge in [0.25, 0.3) is 5.91 Å². The second kappa shape index (κ2) is 9.12. The molecule has 0 aliphatic heterocycles. The van der Waals surface area contributed by atoms with E-state index in [4.69, 9.17) is 11.5 Å². The molecule has 1 amide bonds. The summed E-state index contributed by atoms with van der Waals surface area (Å²) in [6.07, 6.45) is 3.55. The molecule has 5 rings (SSSR count). The number of fused-ring (bicyclic) bond motifs is 2. The highest BCUT2D eigenvalue weighted by atomic mass is 32.1. The number of aryl methyl sites for hydroxylation is 1. The third-order valence-corrected chi connectivity index (χ3v) is 7.33.